The van der Waals surface area contributed by atoms with Gasteiger partial charge in [-0.2, -0.15) is 8.78 Å². The SMILES string of the molecule is O=C(O)C1CC2CCCCC2N1C(=O)c1ccc(OC(F)F)cc1. The first kappa shape index (κ1) is 16.7. The van der Waals surface area contributed by atoms with Gasteiger partial charge in [0.1, 0.15) is 11.8 Å². The fourth-order valence-corrected chi connectivity index (χ4v) is 3.90. The zero-order valence-corrected chi connectivity index (χ0v) is 13.0. The van der Waals surface area contributed by atoms with Crippen molar-refractivity contribution in [2.75, 3.05) is 0 Å². The van der Waals surface area contributed by atoms with E-state index in [-0.39, 0.29) is 29.2 Å². The summed E-state index contributed by atoms with van der Waals surface area (Å²) in [5.74, 6) is -1.16. The van der Waals surface area contributed by atoms with Crippen LogP contribution < -0.4 is 4.74 Å². The highest BCUT2D eigenvalue weighted by Gasteiger charge is 2.47. The summed E-state index contributed by atoms with van der Waals surface area (Å²) in [6.45, 7) is -2.93. The molecule has 1 saturated heterocycles. The number of carboxylic acid groups (broad SMARTS) is 1. The molecule has 1 aromatic carbocycles. The standard InChI is InChI=1S/C17H19F2NO4/c18-17(19)24-12-7-5-10(6-8-12)15(21)20-13-4-2-1-3-11(13)9-14(20)16(22)23/h5-8,11,13-14,17H,1-4,9H2,(H,22,23). The van der Waals surface area contributed by atoms with E-state index in [2.05, 4.69) is 4.74 Å². The van der Waals surface area contributed by atoms with Gasteiger partial charge in [-0.3, -0.25) is 4.79 Å². The quantitative estimate of drug-likeness (QED) is 0.915. The molecule has 7 heteroatoms. The highest BCUT2D eigenvalue weighted by atomic mass is 19.3. The number of likely N-dealkylation sites (tertiary alicyclic amines) is 1. The third-order valence-electron chi connectivity index (χ3n) is 4.93. The fraction of sp³-hybridized carbons (Fsp3) is 0.529. The Hall–Kier alpha value is -2.18. The number of fused-ring (bicyclic) bond motifs is 1. The van der Waals surface area contributed by atoms with Gasteiger partial charge < -0.3 is 14.7 Å². The van der Waals surface area contributed by atoms with Crippen LogP contribution in [0.5, 0.6) is 5.75 Å². The average molecular weight is 339 g/mol. The van der Waals surface area contributed by atoms with Crippen molar-refractivity contribution < 1.29 is 28.2 Å². The van der Waals surface area contributed by atoms with E-state index >= 15 is 0 Å². The molecule has 2 fully saturated rings. The Morgan fingerprint density at radius 3 is 2.46 bits per heavy atom. The Balaban J connectivity index is 1.82. The van der Waals surface area contributed by atoms with Crippen LogP contribution in [0.4, 0.5) is 8.78 Å². The molecule has 0 radical (unpaired) electrons. The topological polar surface area (TPSA) is 66.8 Å². The van der Waals surface area contributed by atoms with E-state index in [4.69, 9.17) is 0 Å². The van der Waals surface area contributed by atoms with E-state index in [1.807, 2.05) is 0 Å². The van der Waals surface area contributed by atoms with Crippen molar-refractivity contribution in [3.05, 3.63) is 29.8 Å². The average Bonchev–Trinajstić information content (AvgIpc) is 2.94. The summed E-state index contributed by atoms with van der Waals surface area (Å²) in [6, 6.07) is 4.52. The fourth-order valence-electron chi connectivity index (χ4n) is 3.90. The maximum atomic E-state index is 12.8. The monoisotopic (exact) mass is 339 g/mol. The molecule has 3 rings (SSSR count). The van der Waals surface area contributed by atoms with E-state index in [0.717, 1.165) is 25.7 Å². The second kappa shape index (κ2) is 6.75. The number of alkyl halides is 2. The number of nitrogens with zero attached hydrogens (tertiary/aromatic N) is 1. The maximum absolute atomic E-state index is 12.8. The molecule has 1 aliphatic heterocycles. The first-order chi connectivity index (χ1) is 11.5. The Kier molecular flexibility index (Phi) is 4.69. The number of benzene rings is 1. The lowest BCUT2D eigenvalue weighted by molar-refractivity contribution is -0.141. The summed E-state index contributed by atoms with van der Waals surface area (Å²) in [6.07, 6.45) is 4.29. The number of ether oxygens (including phenoxy) is 1. The Labute approximate surface area is 138 Å². The first-order valence-corrected chi connectivity index (χ1v) is 8.07. The molecule has 3 unspecified atom stereocenters. The molecule has 1 saturated carbocycles. The number of carbonyl (C=O) groups is 2. The lowest BCUT2D eigenvalue weighted by atomic mass is 9.84. The lowest BCUT2D eigenvalue weighted by Gasteiger charge is -2.33. The molecule has 1 aromatic rings. The number of hydrogen-bond donors (Lipinski definition) is 1. The Bertz CT molecular complexity index is 620. The largest absolute Gasteiger partial charge is 0.480 e. The number of carboxylic acids is 1. The van der Waals surface area contributed by atoms with Gasteiger partial charge in [0.15, 0.2) is 0 Å². The molecule has 5 nitrogen and oxygen atoms in total. The highest BCUT2D eigenvalue weighted by Crippen LogP contribution is 2.40. The van der Waals surface area contributed by atoms with E-state index in [0.29, 0.717) is 6.42 Å². The van der Waals surface area contributed by atoms with Crippen LogP contribution in [0.3, 0.4) is 0 Å². The van der Waals surface area contributed by atoms with Crippen molar-refractivity contribution in [1.82, 2.24) is 4.90 Å². The summed E-state index contributed by atoms with van der Waals surface area (Å²) in [4.78, 5) is 25.9. The van der Waals surface area contributed by atoms with E-state index < -0.39 is 18.6 Å². The molecule has 1 N–H and O–H groups in total. The molecular weight excluding hydrogens is 320 g/mol. The van der Waals surface area contributed by atoms with Crippen molar-refractivity contribution in [2.45, 2.75) is 50.8 Å². The lowest BCUT2D eigenvalue weighted by Crippen LogP contribution is -2.46. The number of halogens is 2. The third-order valence-corrected chi connectivity index (χ3v) is 4.93. The van der Waals surface area contributed by atoms with Crippen molar-refractivity contribution in [1.29, 1.82) is 0 Å². The van der Waals surface area contributed by atoms with Gasteiger partial charge in [0.25, 0.3) is 5.91 Å². The van der Waals surface area contributed by atoms with Crippen LogP contribution in [0.15, 0.2) is 24.3 Å². The third kappa shape index (κ3) is 3.20. The minimum Gasteiger partial charge on any atom is -0.480 e. The molecule has 2 aliphatic rings. The maximum Gasteiger partial charge on any atom is 0.387 e. The van der Waals surface area contributed by atoms with E-state index in [1.54, 1.807) is 0 Å². The van der Waals surface area contributed by atoms with Gasteiger partial charge in [-0.05, 0) is 49.4 Å². The van der Waals surface area contributed by atoms with Crippen LogP contribution >= 0.6 is 0 Å². The van der Waals surface area contributed by atoms with Gasteiger partial charge >= 0.3 is 12.6 Å². The van der Waals surface area contributed by atoms with Crippen LogP contribution in [-0.2, 0) is 4.79 Å². The van der Waals surface area contributed by atoms with Gasteiger partial charge in [0.2, 0.25) is 0 Å². The van der Waals surface area contributed by atoms with Crippen LogP contribution in [0.2, 0.25) is 0 Å². The predicted molar refractivity (Wildman–Crippen MR) is 81.0 cm³/mol. The molecule has 1 aliphatic carbocycles. The molecule has 24 heavy (non-hydrogen) atoms. The number of aliphatic carboxylic acids is 1. The van der Waals surface area contributed by atoms with E-state index in [1.165, 1.54) is 29.2 Å². The van der Waals surface area contributed by atoms with Gasteiger partial charge in [-0.1, -0.05) is 12.8 Å². The number of hydrogen-bond acceptors (Lipinski definition) is 3. The van der Waals surface area contributed by atoms with Gasteiger partial charge in [-0.15, -0.1) is 0 Å². The van der Waals surface area contributed by atoms with Gasteiger partial charge in [0.05, 0.1) is 0 Å². The zero-order chi connectivity index (χ0) is 17.3. The number of carbonyl (C=O) groups excluding carboxylic acids is 1. The molecule has 1 amide bonds. The number of rotatable bonds is 4. The van der Waals surface area contributed by atoms with Crippen LogP contribution in [0.25, 0.3) is 0 Å². The molecule has 0 spiro atoms. The zero-order valence-electron chi connectivity index (χ0n) is 13.0. The summed E-state index contributed by atoms with van der Waals surface area (Å²) in [5.41, 5.74) is 0.286. The molecule has 130 valence electrons. The Morgan fingerprint density at radius 1 is 1.17 bits per heavy atom. The first-order valence-electron chi connectivity index (χ1n) is 8.07. The van der Waals surface area contributed by atoms with Crippen molar-refractivity contribution >= 4 is 11.9 Å². The summed E-state index contributed by atoms with van der Waals surface area (Å²) < 4.78 is 28.6. The molecular formula is C17H19F2NO4. The highest BCUT2D eigenvalue weighted by molar-refractivity contribution is 5.97. The van der Waals surface area contributed by atoms with Crippen LogP contribution in [-0.4, -0.2) is 40.6 Å². The van der Waals surface area contributed by atoms with Gasteiger partial charge in [0, 0.05) is 11.6 Å². The van der Waals surface area contributed by atoms with Crippen LogP contribution in [0, 0.1) is 5.92 Å². The van der Waals surface area contributed by atoms with E-state index in [9.17, 15) is 23.5 Å². The minimum absolute atomic E-state index is 0.0340. The van der Waals surface area contributed by atoms with Crippen LogP contribution in [0.1, 0.15) is 42.5 Å². The minimum atomic E-state index is -2.93. The normalized spacial score (nSPS) is 26.3. The second-order valence-corrected chi connectivity index (χ2v) is 6.32. The predicted octanol–water partition coefficient (Wildman–Crippen LogP) is 3.15. The molecule has 0 bridgehead atoms. The molecule has 0 aromatic heterocycles. The number of amides is 1. The Morgan fingerprint density at radius 2 is 1.83 bits per heavy atom. The van der Waals surface area contributed by atoms with Crippen molar-refractivity contribution in [2.24, 2.45) is 5.92 Å². The molecule has 1 heterocycles. The van der Waals surface area contributed by atoms with Crippen molar-refractivity contribution in [3.63, 3.8) is 0 Å². The second-order valence-electron chi connectivity index (χ2n) is 6.32. The smallest absolute Gasteiger partial charge is 0.387 e. The summed E-state index contributed by atoms with van der Waals surface area (Å²) in [5, 5.41) is 9.47. The summed E-state index contributed by atoms with van der Waals surface area (Å²) >= 11 is 0. The van der Waals surface area contributed by atoms with Gasteiger partial charge in [-0.25, -0.2) is 4.79 Å². The van der Waals surface area contributed by atoms with Crippen molar-refractivity contribution in [3.8, 4) is 5.75 Å². The summed E-state index contributed by atoms with van der Waals surface area (Å²) in [7, 11) is 0. The molecule has 3 atom stereocenters.